The summed E-state index contributed by atoms with van der Waals surface area (Å²) in [5, 5.41) is 8.99. The summed E-state index contributed by atoms with van der Waals surface area (Å²) in [7, 11) is 0. The van der Waals surface area contributed by atoms with Crippen LogP contribution in [-0.4, -0.2) is 23.9 Å². The zero-order valence-corrected chi connectivity index (χ0v) is 4.00. The molecular weight excluding hydrogens is 92.1 g/mol. The number of aliphatic hydroxyl groups excluding tert-OH is 1. The average molecular weight is 105 g/mol. The number of hydrogen-bond acceptors (Lipinski definition) is 2. The highest BCUT2D eigenvalue weighted by Gasteiger charge is 2.20. The second kappa shape index (κ2) is 1.80. The fraction of sp³-hybridized carbons (Fsp3) is 1.00. The number of aliphatic hydroxyl groups is 1. The molecule has 1 saturated heterocycles. The van der Waals surface area contributed by atoms with Crippen LogP contribution in [0, 0.1) is 0 Å². The molecule has 0 aromatic carbocycles. The molecule has 42 valence electrons. The third-order valence-electron chi connectivity index (χ3n) is 1.04. The molecule has 7 heavy (non-hydrogen) atoms. The van der Waals surface area contributed by atoms with Gasteiger partial charge in [0.05, 0.1) is 13.6 Å². The van der Waals surface area contributed by atoms with Crippen molar-refractivity contribution in [2.24, 2.45) is 0 Å². The van der Waals surface area contributed by atoms with Gasteiger partial charge in [-0.05, 0) is 13.3 Å². The number of rotatable bonds is 0. The van der Waals surface area contributed by atoms with Crippen molar-refractivity contribution in [2.45, 2.75) is 25.5 Å². The normalized spacial score (nSPS) is 56.4. The van der Waals surface area contributed by atoms with Gasteiger partial charge in [-0.2, -0.15) is 0 Å². The van der Waals surface area contributed by atoms with Gasteiger partial charge in [0.1, 0.15) is 0 Å². The van der Waals surface area contributed by atoms with E-state index in [1.54, 1.807) is 0 Å². The Morgan fingerprint density at radius 2 is 3.14 bits per heavy atom. The number of ether oxygens (including phenoxy) is 1. The molecule has 1 aliphatic heterocycles. The van der Waals surface area contributed by atoms with Gasteiger partial charge >= 0.3 is 0 Å². The number of hydrogen-bond donors (Lipinski definition) is 1. The van der Waals surface area contributed by atoms with Crippen LogP contribution >= 0.6 is 0 Å². The Hall–Kier alpha value is -0.0800. The Balaban J connectivity index is 2.38. The van der Waals surface area contributed by atoms with E-state index in [1.165, 1.54) is 0 Å². The summed E-state index contributed by atoms with van der Waals surface area (Å²) >= 11 is 0. The van der Waals surface area contributed by atoms with E-state index in [0.717, 1.165) is 0 Å². The standard InChI is InChI=1S/C5H10O2/c1-4-5(6)2-3-7-4/h4-6H,2-3H2,1H3/t4-,5+/m1/s1/i1D,3T/t3-,4-,5+. The summed E-state index contributed by atoms with van der Waals surface area (Å²) < 4.78 is 18.7. The summed E-state index contributed by atoms with van der Waals surface area (Å²) in [6, 6.07) is 0. The van der Waals surface area contributed by atoms with E-state index in [4.69, 9.17) is 12.6 Å². The average Bonchev–Trinajstić information content (AvgIpc) is 2.10. The Morgan fingerprint density at radius 1 is 2.29 bits per heavy atom. The molecule has 0 aromatic heterocycles. The van der Waals surface area contributed by atoms with Crippen LogP contribution in [0.4, 0.5) is 0 Å². The minimum atomic E-state index is -0.615. The molecule has 1 aliphatic rings. The SMILES string of the molecule is [2H]C[C@H]1O[C@H]([3H])C[C@@H]1O. The zero-order valence-electron chi connectivity index (χ0n) is 6.00. The van der Waals surface area contributed by atoms with Crippen molar-refractivity contribution in [1.82, 2.24) is 0 Å². The van der Waals surface area contributed by atoms with Crippen molar-refractivity contribution in [3.05, 3.63) is 0 Å². The van der Waals surface area contributed by atoms with E-state index in [1.807, 2.05) is 0 Å². The first-order valence-electron chi connectivity index (χ1n) is 3.57. The highest BCUT2D eigenvalue weighted by atomic mass is 16.5. The first-order valence-corrected chi connectivity index (χ1v) is 2.29. The third kappa shape index (κ3) is 0.924. The topological polar surface area (TPSA) is 29.5 Å². The van der Waals surface area contributed by atoms with E-state index < -0.39 is 18.8 Å². The molecule has 0 spiro atoms. The molecule has 0 saturated carbocycles. The lowest BCUT2D eigenvalue weighted by atomic mass is 10.2. The molecule has 0 aromatic rings. The van der Waals surface area contributed by atoms with Gasteiger partial charge in [0, 0.05) is 7.95 Å². The van der Waals surface area contributed by atoms with Gasteiger partial charge in [0.2, 0.25) is 0 Å². The fourth-order valence-electron chi connectivity index (χ4n) is 0.520. The van der Waals surface area contributed by atoms with Crippen LogP contribution in [0.25, 0.3) is 0 Å². The zero-order chi connectivity index (χ0) is 6.85. The minimum Gasteiger partial charge on any atom is -0.390 e. The quantitative estimate of drug-likeness (QED) is 0.475. The first-order chi connectivity index (χ1) is 4.24. The molecule has 2 heteroatoms. The van der Waals surface area contributed by atoms with Crippen LogP contribution in [0.2, 0.25) is 0 Å². The lowest BCUT2D eigenvalue weighted by molar-refractivity contribution is 0.0556. The maximum atomic E-state index is 8.99. The van der Waals surface area contributed by atoms with Crippen molar-refractivity contribution in [3.8, 4) is 0 Å². The fourth-order valence-corrected chi connectivity index (χ4v) is 0.520. The summed E-state index contributed by atoms with van der Waals surface area (Å²) in [5.74, 6) is 0. The smallest absolute Gasteiger partial charge is 0.0821 e. The minimum absolute atomic E-state index is 0.0521. The summed E-state index contributed by atoms with van der Waals surface area (Å²) in [4.78, 5) is 0. The third-order valence-corrected chi connectivity index (χ3v) is 1.04. The lowest BCUT2D eigenvalue weighted by Crippen LogP contribution is -2.15. The molecule has 0 amide bonds. The van der Waals surface area contributed by atoms with Crippen LogP contribution in [0.5, 0.6) is 0 Å². The predicted molar refractivity (Wildman–Crippen MR) is 26.0 cm³/mol. The highest BCUT2D eigenvalue weighted by Crippen LogP contribution is 2.10. The lowest BCUT2D eigenvalue weighted by Gasteiger charge is -2.03. The van der Waals surface area contributed by atoms with Crippen molar-refractivity contribution < 1.29 is 12.6 Å². The largest absolute Gasteiger partial charge is 0.390 e. The van der Waals surface area contributed by atoms with Crippen LogP contribution in [0.1, 0.15) is 16.1 Å². The second-order valence-electron chi connectivity index (χ2n) is 1.64. The van der Waals surface area contributed by atoms with Crippen molar-refractivity contribution in [3.63, 3.8) is 0 Å². The molecular formula is C5H10O2. The Kier molecular flexibility index (Phi) is 0.784. The maximum absolute atomic E-state index is 8.99. The van der Waals surface area contributed by atoms with E-state index in [2.05, 4.69) is 0 Å². The molecule has 1 N–H and O–H groups in total. The van der Waals surface area contributed by atoms with Crippen molar-refractivity contribution >= 4 is 0 Å². The van der Waals surface area contributed by atoms with Gasteiger partial charge in [-0.3, -0.25) is 0 Å². The van der Waals surface area contributed by atoms with Gasteiger partial charge in [-0.15, -0.1) is 0 Å². The molecule has 1 fully saturated rings. The Bertz CT molecular complexity index is 99.0. The molecule has 0 bridgehead atoms. The van der Waals surface area contributed by atoms with Gasteiger partial charge in [0.15, 0.2) is 0 Å². The van der Waals surface area contributed by atoms with E-state index in [0.29, 0.717) is 6.42 Å². The Labute approximate surface area is 45.9 Å². The Morgan fingerprint density at radius 3 is 3.43 bits per heavy atom. The first kappa shape index (κ1) is 3.05. The monoisotopic (exact) mass is 105 g/mol. The highest BCUT2D eigenvalue weighted by molar-refractivity contribution is 4.69. The molecule has 1 rings (SSSR count). The summed E-state index contributed by atoms with van der Waals surface area (Å²) in [5.41, 5.74) is 0. The molecule has 3 atom stereocenters. The van der Waals surface area contributed by atoms with Gasteiger partial charge in [0.25, 0.3) is 0 Å². The van der Waals surface area contributed by atoms with E-state index in [-0.39, 0.29) is 6.90 Å². The molecule has 0 unspecified atom stereocenters. The van der Waals surface area contributed by atoms with Crippen LogP contribution < -0.4 is 0 Å². The molecule has 1 heterocycles. The molecule has 0 radical (unpaired) electrons. The molecule has 0 aliphatic carbocycles. The van der Waals surface area contributed by atoms with Crippen LogP contribution in [0.3, 0.4) is 0 Å². The second-order valence-corrected chi connectivity index (χ2v) is 1.64. The van der Waals surface area contributed by atoms with E-state index in [9.17, 15) is 0 Å². The van der Waals surface area contributed by atoms with Gasteiger partial charge < -0.3 is 9.84 Å². The van der Waals surface area contributed by atoms with Gasteiger partial charge in [-0.25, -0.2) is 0 Å². The predicted octanol–water partition coefficient (Wildman–Crippen LogP) is 0.156. The summed E-state index contributed by atoms with van der Waals surface area (Å²) in [6.45, 7) is -0.563. The van der Waals surface area contributed by atoms with Crippen LogP contribution in [-0.2, 0) is 4.74 Å². The van der Waals surface area contributed by atoms with Crippen molar-refractivity contribution in [1.29, 1.82) is 0 Å². The van der Waals surface area contributed by atoms with Crippen molar-refractivity contribution in [2.75, 3.05) is 6.58 Å². The van der Waals surface area contributed by atoms with E-state index >= 15 is 0 Å². The maximum Gasteiger partial charge on any atom is 0.0821 e. The summed E-state index contributed by atoms with van der Waals surface area (Å²) in [6.07, 6.45) is -0.665. The van der Waals surface area contributed by atoms with Crippen LogP contribution in [0.15, 0.2) is 0 Å². The molecule has 2 nitrogen and oxygen atoms in total. The van der Waals surface area contributed by atoms with Gasteiger partial charge in [-0.1, -0.05) is 0 Å².